The van der Waals surface area contributed by atoms with Gasteiger partial charge in [-0.05, 0) is 32.9 Å². The van der Waals surface area contributed by atoms with Crippen molar-refractivity contribution >= 4 is 17.5 Å². The minimum atomic E-state index is -0.298. The van der Waals surface area contributed by atoms with Gasteiger partial charge in [0, 0.05) is 24.8 Å². The summed E-state index contributed by atoms with van der Waals surface area (Å²) < 4.78 is 13.7. The van der Waals surface area contributed by atoms with Crippen molar-refractivity contribution in [2.24, 2.45) is 0 Å². The fourth-order valence-corrected chi connectivity index (χ4v) is 1.97. The average Bonchev–Trinajstić information content (AvgIpc) is 2.42. The molecule has 1 aromatic heterocycles. The maximum Gasteiger partial charge on any atom is 0.227 e. The number of anilines is 3. The first kappa shape index (κ1) is 14.2. The van der Waals surface area contributed by atoms with E-state index in [9.17, 15) is 4.39 Å². The largest absolute Gasteiger partial charge is 0.341 e. The third-order valence-corrected chi connectivity index (χ3v) is 3.03. The molecule has 5 heteroatoms. The summed E-state index contributed by atoms with van der Waals surface area (Å²) >= 11 is 0. The van der Waals surface area contributed by atoms with Gasteiger partial charge in [-0.1, -0.05) is 12.1 Å². The third kappa shape index (κ3) is 3.23. The Kier molecular flexibility index (Phi) is 4.50. The molecule has 0 unspecified atom stereocenters. The van der Waals surface area contributed by atoms with E-state index in [2.05, 4.69) is 34.0 Å². The van der Waals surface area contributed by atoms with Crippen molar-refractivity contribution < 1.29 is 4.39 Å². The number of hydrogen-bond acceptors (Lipinski definition) is 4. The number of halogens is 1. The van der Waals surface area contributed by atoms with E-state index in [-0.39, 0.29) is 5.82 Å². The lowest BCUT2D eigenvalue weighted by atomic mass is 10.3. The second-order valence-corrected chi connectivity index (χ2v) is 4.47. The summed E-state index contributed by atoms with van der Waals surface area (Å²) in [4.78, 5) is 10.9. The van der Waals surface area contributed by atoms with E-state index in [0.29, 0.717) is 17.5 Å². The van der Waals surface area contributed by atoms with Crippen molar-refractivity contribution in [3.05, 3.63) is 41.8 Å². The zero-order chi connectivity index (χ0) is 14.5. The zero-order valence-corrected chi connectivity index (χ0v) is 12.0. The molecule has 0 aliphatic heterocycles. The van der Waals surface area contributed by atoms with Gasteiger partial charge in [-0.2, -0.15) is 4.98 Å². The van der Waals surface area contributed by atoms with Gasteiger partial charge in [-0.3, -0.25) is 0 Å². The molecule has 0 fully saturated rings. The van der Waals surface area contributed by atoms with Crippen LogP contribution in [0, 0.1) is 12.7 Å². The Morgan fingerprint density at radius 1 is 1.15 bits per heavy atom. The molecule has 0 aliphatic rings. The molecule has 2 aromatic rings. The minimum absolute atomic E-state index is 0.298. The second-order valence-electron chi connectivity index (χ2n) is 4.47. The zero-order valence-electron chi connectivity index (χ0n) is 12.0. The Morgan fingerprint density at radius 3 is 2.50 bits per heavy atom. The Labute approximate surface area is 118 Å². The van der Waals surface area contributed by atoms with Crippen LogP contribution in [0.25, 0.3) is 0 Å². The Morgan fingerprint density at radius 2 is 1.85 bits per heavy atom. The molecule has 4 nitrogen and oxygen atoms in total. The molecule has 2 rings (SSSR count). The maximum atomic E-state index is 13.7. The van der Waals surface area contributed by atoms with Crippen molar-refractivity contribution in [3.8, 4) is 0 Å². The van der Waals surface area contributed by atoms with Crippen molar-refractivity contribution in [1.82, 2.24) is 9.97 Å². The molecule has 0 spiro atoms. The van der Waals surface area contributed by atoms with Crippen molar-refractivity contribution in [2.75, 3.05) is 23.3 Å². The molecule has 0 radical (unpaired) electrons. The minimum Gasteiger partial charge on any atom is -0.341 e. The lowest BCUT2D eigenvalue weighted by Gasteiger charge is -2.19. The van der Waals surface area contributed by atoms with E-state index in [1.165, 1.54) is 6.07 Å². The molecular formula is C15H19FN4. The highest BCUT2D eigenvalue weighted by atomic mass is 19.1. The van der Waals surface area contributed by atoms with Crippen LogP contribution in [0.2, 0.25) is 0 Å². The van der Waals surface area contributed by atoms with Gasteiger partial charge in [0.1, 0.15) is 11.6 Å². The van der Waals surface area contributed by atoms with E-state index >= 15 is 0 Å². The smallest absolute Gasteiger partial charge is 0.227 e. The molecule has 1 aromatic carbocycles. The summed E-state index contributed by atoms with van der Waals surface area (Å²) in [5, 5.41) is 3.00. The van der Waals surface area contributed by atoms with Gasteiger partial charge in [0.05, 0.1) is 5.69 Å². The van der Waals surface area contributed by atoms with Crippen LogP contribution in [0.5, 0.6) is 0 Å². The van der Waals surface area contributed by atoms with Gasteiger partial charge in [0.2, 0.25) is 5.95 Å². The van der Waals surface area contributed by atoms with Crippen molar-refractivity contribution in [3.63, 3.8) is 0 Å². The van der Waals surface area contributed by atoms with Crippen LogP contribution in [0.15, 0.2) is 30.3 Å². The molecule has 0 amide bonds. The lowest BCUT2D eigenvalue weighted by Crippen LogP contribution is -2.24. The molecular weight excluding hydrogens is 255 g/mol. The molecule has 0 saturated carbocycles. The summed E-state index contributed by atoms with van der Waals surface area (Å²) in [6.45, 7) is 7.68. The van der Waals surface area contributed by atoms with Crippen LogP contribution in [-0.2, 0) is 0 Å². The van der Waals surface area contributed by atoms with Crippen molar-refractivity contribution in [1.29, 1.82) is 0 Å². The molecule has 0 bridgehead atoms. The number of rotatable bonds is 5. The molecule has 1 N–H and O–H groups in total. The summed E-state index contributed by atoms with van der Waals surface area (Å²) in [5.74, 6) is 0.964. The quantitative estimate of drug-likeness (QED) is 0.905. The molecule has 106 valence electrons. The van der Waals surface area contributed by atoms with E-state index < -0.39 is 0 Å². The number of para-hydroxylation sites is 1. The highest BCUT2D eigenvalue weighted by Gasteiger charge is 2.09. The molecule has 0 atom stereocenters. The van der Waals surface area contributed by atoms with Gasteiger partial charge in [-0.15, -0.1) is 0 Å². The van der Waals surface area contributed by atoms with Crippen LogP contribution in [0.3, 0.4) is 0 Å². The van der Waals surface area contributed by atoms with Crippen molar-refractivity contribution in [2.45, 2.75) is 20.8 Å². The second kappa shape index (κ2) is 6.32. The molecule has 0 aliphatic carbocycles. The number of nitrogens with one attached hydrogen (secondary N) is 1. The monoisotopic (exact) mass is 274 g/mol. The van der Waals surface area contributed by atoms with E-state index in [1.807, 2.05) is 6.92 Å². The van der Waals surface area contributed by atoms with Gasteiger partial charge in [-0.25, -0.2) is 9.37 Å². The fourth-order valence-electron chi connectivity index (χ4n) is 1.97. The summed E-state index contributed by atoms with van der Waals surface area (Å²) in [7, 11) is 0. The number of nitrogens with zero attached hydrogens (tertiary/aromatic N) is 3. The average molecular weight is 274 g/mol. The third-order valence-electron chi connectivity index (χ3n) is 3.03. The first-order valence-electron chi connectivity index (χ1n) is 6.76. The van der Waals surface area contributed by atoms with Gasteiger partial charge in [0.15, 0.2) is 0 Å². The summed E-state index contributed by atoms with van der Waals surface area (Å²) in [5.41, 5.74) is 1.26. The normalized spacial score (nSPS) is 10.4. The number of aryl methyl sites for hydroxylation is 1. The number of benzene rings is 1. The van der Waals surface area contributed by atoms with E-state index in [4.69, 9.17) is 0 Å². The highest BCUT2D eigenvalue weighted by Crippen LogP contribution is 2.20. The summed E-state index contributed by atoms with van der Waals surface area (Å²) in [6.07, 6.45) is 0. The topological polar surface area (TPSA) is 41.1 Å². The molecule has 1 heterocycles. The lowest BCUT2D eigenvalue weighted by molar-refractivity contribution is 0.632. The predicted molar refractivity (Wildman–Crippen MR) is 80.0 cm³/mol. The Hall–Kier alpha value is -2.17. The van der Waals surface area contributed by atoms with Gasteiger partial charge < -0.3 is 10.2 Å². The van der Waals surface area contributed by atoms with Crippen LogP contribution in [0.4, 0.5) is 21.8 Å². The SMILES string of the molecule is CCN(CC)c1nc(C)cc(Nc2ccccc2F)n1. The predicted octanol–water partition coefficient (Wildman–Crippen LogP) is 3.51. The van der Waals surface area contributed by atoms with E-state index in [1.54, 1.807) is 24.3 Å². The molecule has 20 heavy (non-hydrogen) atoms. The van der Waals surface area contributed by atoms with Crippen LogP contribution in [-0.4, -0.2) is 23.1 Å². The Balaban J connectivity index is 2.31. The number of aromatic nitrogens is 2. The van der Waals surface area contributed by atoms with Crippen LogP contribution >= 0.6 is 0 Å². The first-order chi connectivity index (χ1) is 9.63. The standard InChI is InChI=1S/C15H19FN4/c1-4-20(5-2)15-17-11(3)10-14(19-15)18-13-9-7-6-8-12(13)16/h6-10H,4-5H2,1-3H3,(H,17,18,19). The van der Waals surface area contributed by atoms with Crippen LogP contribution in [0.1, 0.15) is 19.5 Å². The maximum absolute atomic E-state index is 13.7. The molecule has 0 saturated heterocycles. The van der Waals surface area contributed by atoms with Crippen LogP contribution < -0.4 is 10.2 Å². The van der Waals surface area contributed by atoms with Gasteiger partial charge >= 0.3 is 0 Å². The van der Waals surface area contributed by atoms with Gasteiger partial charge in [0.25, 0.3) is 0 Å². The van der Waals surface area contributed by atoms with E-state index in [0.717, 1.165) is 18.8 Å². The fraction of sp³-hybridized carbons (Fsp3) is 0.333. The highest BCUT2D eigenvalue weighted by molar-refractivity contribution is 5.58. The Bertz CT molecular complexity index is 582. The number of hydrogen-bond donors (Lipinski definition) is 1. The first-order valence-corrected chi connectivity index (χ1v) is 6.76. The summed E-state index contributed by atoms with van der Waals surface area (Å²) in [6, 6.07) is 8.35.